The number of carbonyl (C=O) groups excluding carboxylic acids is 2. The molecule has 2 fully saturated rings. The first-order chi connectivity index (χ1) is 17.0. The van der Waals surface area contributed by atoms with Crippen molar-refractivity contribution in [2.75, 3.05) is 20.1 Å². The van der Waals surface area contributed by atoms with Gasteiger partial charge in [0.1, 0.15) is 6.17 Å². The molecule has 6 nitrogen and oxygen atoms in total. The van der Waals surface area contributed by atoms with E-state index < -0.39 is 35.1 Å². The van der Waals surface area contributed by atoms with Crippen LogP contribution >= 0.6 is 23.4 Å². The molecule has 0 N–H and O–H groups in total. The van der Waals surface area contributed by atoms with Gasteiger partial charge in [-0.1, -0.05) is 23.7 Å². The number of likely N-dealkylation sites (N-methyl/N-ethyl adjacent to an activating group) is 1. The van der Waals surface area contributed by atoms with E-state index in [-0.39, 0.29) is 35.1 Å². The molecule has 12 heteroatoms. The second kappa shape index (κ2) is 9.20. The van der Waals surface area contributed by atoms with E-state index in [0.717, 1.165) is 22.7 Å². The highest BCUT2D eigenvalue weighted by atomic mass is 35.5. The standard InChI is InChI=1S/C24H19ClF4N4O2S/c1-31-11-18(26)20(12-31)33-22(34)21(36-23(33)35)7-13-2-5-19-15(6-13)9-30-32(19)10-14-3-4-16(25)8-17(14)24(27,28)29/h2-9,18,20H,10-12H2,1H3/b21-7-/t18-,20?/m1/s1. The lowest BCUT2D eigenvalue weighted by Crippen LogP contribution is -2.44. The minimum absolute atomic E-state index is 0.00700. The predicted octanol–water partition coefficient (Wildman–Crippen LogP) is 5.45. The molecule has 1 unspecified atom stereocenters. The molecule has 2 aliphatic rings. The largest absolute Gasteiger partial charge is 0.416 e. The molecule has 0 radical (unpaired) electrons. The Kier molecular flexibility index (Phi) is 6.34. The van der Waals surface area contributed by atoms with Crippen molar-refractivity contribution < 1.29 is 27.2 Å². The molecule has 2 aromatic carbocycles. The average molecular weight is 539 g/mol. The number of hydrogen-bond donors (Lipinski definition) is 0. The third-order valence-corrected chi connectivity index (χ3v) is 7.34. The van der Waals surface area contributed by atoms with Crippen LogP contribution < -0.4 is 0 Å². The smallest absolute Gasteiger partial charge is 0.301 e. The number of halogens is 5. The lowest BCUT2D eigenvalue weighted by atomic mass is 10.1. The maximum absolute atomic E-state index is 14.3. The fraction of sp³-hybridized carbons (Fsp3) is 0.292. The summed E-state index contributed by atoms with van der Waals surface area (Å²) >= 11 is 6.53. The van der Waals surface area contributed by atoms with Crippen LogP contribution in [0.1, 0.15) is 16.7 Å². The molecule has 2 aliphatic heterocycles. The molecule has 2 saturated heterocycles. The fourth-order valence-corrected chi connectivity index (χ4v) is 5.58. The van der Waals surface area contributed by atoms with Gasteiger partial charge in [-0.15, -0.1) is 0 Å². The third-order valence-electron chi connectivity index (χ3n) is 6.22. The SMILES string of the molecule is CN1CC(N2C(=O)S/C(=C\c3ccc4c(cnn4Cc4ccc(Cl)cc4C(F)(F)F)c3)C2=O)[C@H](F)C1. The second-order valence-corrected chi connectivity index (χ2v) is 10.2. The van der Waals surface area contributed by atoms with Crippen molar-refractivity contribution in [3.63, 3.8) is 0 Å². The van der Waals surface area contributed by atoms with Crippen LogP contribution in [0.3, 0.4) is 0 Å². The Morgan fingerprint density at radius 1 is 1.17 bits per heavy atom. The molecule has 0 bridgehead atoms. The summed E-state index contributed by atoms with van der Waals surface area (Å²) in [5, 5.41) is 4.36. The number of likely N-dealkylation sites (tertiary alicyclic amines) is 1. The van der Waals surface area contributed by atoms with Gasteiger partial charge >= 0.3 is 6.18 Å². The van der Waals surface area contributed by atoms with E-state index in [2.05, 4.69) is 5.10 Å². The minimum Gasteiger partial charge on any atom is -0.301 e. The van der Waals surface area contributed by atoms with Crippen molar-refractivity contribution in [1.82, 2.24) is 19.6 Å². The van der Waals surface area contributed by atoms with Gasteiger partial charge in [0.15, 0.2) is 0 Å². The Morgan fingerprint density at radius 2 is 1.94 bits per heavy atom. The fourth-order valence-electron chi connectivity index (χ4n) is 4.52. The number of hydrogen-bond acceptors (Lipinski definition) is 5. The number of carbonyl (C=O) groups is 2. The third kappa shape index (κ3) is 4.62. The van der Waals surface area contributed by atoms with E-state index in [0.29, 0.717) is 16.5 Å². The normalized spacial score (nSPS) is 22.5. The number of nitrogens with zero attached hydrogens (tertiary/aromatic N) is 4. The van der Waals surface area contributed by atoms with Gasteiger partial charge in [-0.2, -0.15) is 18.3 Å². The highest BCUT2D eigenvalue weighted by Gasteiger charge is 2.46. The molecular formula is C24H19ClF4N4O2S. The summed E-state index contributed by atoms with van der Waals surface area (Å²) in [4.78, 5) is 28.3. The summed E-state index contributed by atoms with van der Waals surface area (Å²) in [7, 11) is 1.73. The topological polar surface area (TPSA) is 58.4 Å². The van der Waals surface area contributed by atoms with E-state index in [4.69, 9.17) is 11.6 Å². The molecule has 0 saturated carbocycles. The summed E-state index contributed by atoms with van der Waals surface area (Å²) < 4.78 is 56.2. The highest BCUT2D eigenvalue weighted by Crippen LogP contribution is 2.37. The van der Waals surface area contributed by atoms with E-state index in [9.17, 15) is 27.2 Å². The number of amides is 2. The molecular weight excluding hydrogens is 520 g/mol. The van der Waals surface area contributed by atoms with Crippen LogP contribution in [-0.2, 0) is 17.5 Å². The molecule has 3 aromatic rings. The molecule has 5 rings (SSSR count). The van der Waals surface area contributed by atoms with Gasteiger partial charge in [-0.25, -0.2) is 4.39 Å². The van der Waals surface area contributed by atoms with Crippen molar-refractivity contribution in [3.8, 4) is 0 Å². The second-order valence-electron chi connectivity index (χ2n) is 8.78. The van der Waals surface area contributed by atoms with Gasteiger partial charge < -0.3 is 4.90 Å². The Labute approximate surface area is 212 Å². The Balaban J connectivity index is 1.40. The number of fused-ring (bicyclic) bond motifs is 1. The Morgan fingerprint density at radius 3 is 2.64 bits per heavy atom. The number of thioether (sulfide) groups is 1. The summed E-state index contributed by atoms with van der Waals surface area (Å²) in [6.45, 7) is 0.321. The molecule has 2 amide bonds. The molecule has 0 aliphatic carbocycles. The Bertz CT molecular complexity index is 1410. The Hall–Kier alpha value is -2.89. The maximum atomic E-state index is 14.3. The number of benzene rings is 2. The molecule has 188 valence electrons. The van der Waals surface area contributed by atoms with Crippen molar-refractivity contribution in [1.29, 1.82) is 0 Å². The van der Waals surface area contributed by atoms with Crippen molar-refractivity contribution in [3.05, 3.63) is 69.2 Å². The first-order valence-corrected chi connectivity index (χ1v) is 12.1. The van der Waals surface area contributed by atoms with Crippen molar-refractivity contribution in [2.24, 2.45) is 0 Å². The molecule has 3 heterocycles. The van der Waals surface area contributed by atoms with E-state index >= 15 is 0 Å². The maximum Gasteiger partial charge on any atom is 0.416 e. The van der Waals surface area contributed by atoms with Gasteiger partial charge in [0.25, 0.3) is 11.1 Å². The summed E-state index contributed by atoms with van der Waals surface area (Å²) in [5.74, 6) is -0.536. The summed E-state index contributed by atoms with van der Waals surface area (Å²) in [6, 6.07) is 7.89. The highest BCUT2D eigenvalue weighted by molar-refractivity contribution is 8.18. The zero-order chi connectivity index (χ0) is 25.8. The lowest BCUT2D eigenvalue weighted by Gasteiger charge is -2.21. The van der Waals surface area contributed by atoms with Gasteiger partial charge in [0.2, 0.25) is 0 Å². The number of imide groups is 1. The van der Waals surface area contributed by atoms with Gasteiger partial charge in [0, 0.05) is 23.5 Å². The van der Waals surface area contributed by atoms with Crippen LogP contribution in [-0.4, -0.2) is 63.1 Å². The first kappa shape index (κ1) is 24.8. The summed E-state index contributed by atoms with van der Waals surface area (Å²) in [6.07, 6.45) is -2.79. The van der Waals surface area contributed by atoms with E-state index in [1.807, 2.05) is 0 Å². The van der Waals surface area contributed by atoms with E-state index in [1.165, 1.54) is 23.0 Å². The zero-order valence-electron chi connectivity index (χ0n) is 18.8. The summed E-state index contributed by atoms with van der Waals surface area (Å²) in [5.41, 5.74) is 0.404. The van der Waals surface area contributed by atoms with Gasteiger partial charge in [0.05, 0.1) is 34.8 Å². The molecule has 36 heavy (non-hydrogen) atoms. The van der Waals surface area contributed by atoms with Crippen LogP contribution in [0.5, 0.6) is 0 Å². The monoisotopic (exact) mass is 538 g/mol. The van der Waals surface area contributed by atoms with Gasteiger partial charge in [-0.05, 0) is 60.3 Å². The van der Waals surface area contributed by atoms with Crippen LogP contribution in [0.15, 0.2) is 47.5 Å². The number of alkyl halides is 4. The quantitative estimate of drug-likeness (QED) is 0.327. The number of aromatic nitrogens is 2. The zero-order valence-corrected chi connectivity index (χ0v) is 20.4. The van der Waals surface area contributed by atoms with Gasteiger partial charge in [-0.3, -0.25) is 19.2 Å². The minimum atomic E-state index is -4.56. The van der Waals surface area contributed by atoms with E-state index in [1.54, 1.807) is 36.2 Å². The first-order valence-electron chi connectivity index (χ1n) is 10.9. The number of rotatable bonds is 4. The van der Waals surface area contributed by atoms with Crippen molar-refractivity contribution in [2.45, 2.75) is 24.9 Å². The predicted molar refractivity (Wildman–Crippen MR) is 129 cm³/mol. The van der Waals surface area contributed by atoms with Crippen LogP contribution in [0.25, 0.3) is 17.0 Å². The molecule has 1 aromatic heterocycles. The molecule has 0 spiro atoms. The lowest BCUT2D eigenvalue weighted by molar-refractivity contribution is -0.138. The molecule has 2 atom stereocenters. The van der Waals surface area contributed by atoms with Crippen molar-refractivity contribution >= 4 is 51.5 Å². The van der Waals surface area contributed by atoms with Crippen LogP contribution in [0.4, 0.5) is 22.4 Å². The van der Waals surface area contributed by atoms with Crippen LogP contribution in [0, 0.1) is 0 Å². The average Bonchev–Trinajstić information content (AvgIpc) is 3.43. The van der Waals surface area contributed by atoms with Crippen LogP contribution in [0.2, 0.25) is 5.02 Å².